The molecule has 1 aliphatic carbocycles. The largest absolute Gasteiger partial charge is 0.335 e. The molecular formula is C15H20N4O4. The highest BCUT2D eigenvalue weighted by Gasteiger charge is 2.16. The van der Waals surface area contributed by atoms with E-state index in [1.165, 1.54) is 24.6 Å². The zero-order valence-corrected chi connectivity index (χ0v) is 12.7. The van der Waals surface area contributed by atoms with Crippen molar-refractivity contribution >= 4 is 23.3 Å². The zero-order valence-electron chi connectivity index (χ0n) is 12.7. The third kappa shape index (κ3) is 5.57. The van der Waals surface area contributed by atoms with Gasteiger partial charge in [-0.15, -0.1) is 0 Å². The monoisotopic (exact) mass is 320 g/mol. The van der Waals surface area contributed by atoms with Crippen molar-refractivity contribution in [2.24, 2.45) is 0 Å². The van der Waals surface area contributed by atoms with Crippen LogP contribution in [0.4, 0.5) is 16.2 Å². The first kappa shape index (κ1) is 16.7. The average Bonchev–Trinajstić information content (AvgIpc) is 2.54. The molecule has 0 bridgehead atoms. The maximum absolute atomic E-state index is 11.8. The van der Waals surface area contributed by atoms with Crippen molar-refractivity contribution in [2.75, 3.05) is 11.9 Å². The molecule has 0 spiro atoms. The van der Waals surface area contributed by atoms with Crippen molar-refractivity contribution in [3.63, 3.8) is 0 Å². The van der Waals surface area contributed by atoms with Crippen LogP contribution in [0, 0.1) is 10.1 Å². The van der Waals surface area contributed by atoms with Crippen LogP contribution in [0.5, 0.6) is 0 Å². The second-order valence-electron chi connectivity index (χ2n) is 5.52. The molecule has 8 heteroatoms. The lowest BCUT2D eigenvalue weighted by Crippen LogP contribution is -2.45. The molecule has 0 aromatic heterocycles. The summed E-state index contributed by atoms with van der Waals surface area (Å²) in [6.45, 7) is -0.193. The molecule has 1 saturated carbocycles. The molecule has 2 rings (SSSR count). The maximum Gasteiger partial charge on any atom is 0.315 e. The number of benzene rings is 1. The fraction of sp³-hybridized carbons (Fsp3) is 0.467. The first-order valence-corrected chi connectivity index (χ1v) is 7.63. The van der Waals surface area contributed by atoms with Crippen LogP contribution >= 0.6 is 0 Å². The summed E-state index contributed by atoms with van der Waals surface area (Å²) < 4.78 is 0. The molecule has 0 aliphatic heterocycles. The van der Waals surface area contributed by atoms with E-state index in [9.17, 15) is 19.7 Å². The molecule has 23 heavy (non-hydrogen) atoms. The molecule has 0 unspecified atom stereocenters. The average molecular weight is 320 g/mol. The Morgan fingerprint density at radius 1 is 1.22 bits per heavy atom. The van der Waals surface area contributed by atoms with E-state index in [2.05, 4.69) is 16.0 Å². The summed E-state index contributed by atoms with van der Waals surface area (Å²) in [6.07, 6.45) is 5.35. The van der Waals surface area contributed by atoms with E-state index in [1.807, 2.05) is 0 Å². The van der Waals surface area contributed by atoms with Gasteiger partial charge < -0.3 is 16.0 Å². The van der Waals surface area contributed by atoms with Gasteiger partial charge in [0.25, 0.3) is 5.69 Å². The van der Waals surface area contributed by atoms with E-state index in [1.54, 1.807) is 6.07 Å². The molecule has 1 aromatic rings. The number of hydrogen-bond donors (Lipinski definition) is 3. The summed E-state index contributed by atoms with van der Waals surface area (Å²) in [4.78, 5) is 33.6. The third-order valence-corrected chi connectivity index (χ3v) is 3.69. The van der Waals surface area contributed by atoms with Crippen LogP contribution in [0.3, 0.4) is 0 Å². The van der Waals surface area contributed by atoms with Crippen LogP contribution in [0.1, 0.15) is 32.1 Å². The Balaban J connectivity index is 1.75. The topological polar surface area (TPSA) is 113 Å². The minimum absolute atomic E-state index is 0.106. The molecule has 0 atom stereocenters. The summed E-state index contributed by atoms with van der Waals surface area (Å²) in [6, 6.07) is 5.44. The molecule has 1 aromatic carbocycles. The Morgan fingerprint density at radius 3 is 2.65 bits per heavy atom. The molecule has 1 aliphatic rings. The predicted octanol–water partition coefficient (Wildman–Crippen LogP) is 2.17. The number of carbonyl (C=O) groups excluding carboxylic acids is 2. The SMILES string of the molecule is O=C(CNC(=O)NC1CCCCC1)Nc1cccc([N+](=O)[O-])c1. The quantitative estimate of drug-likeness (QED) is 0.570. The standard InChI is InChI=1S/C15H20N4O4/c20-14(17-12-7-4-8-13(9-12)19(22)23)10-16-15(21)18-11-5-2-1-3-6-11/h4,7-9,11H,1-3,5-6,10H2,(H,17,20)(H2,16,18,21). The second-order valence-corrected chi connectivity index (χ2v) is 5.52. The Kier molecular flexibility index (Phi) is 5.90. The fourth-order valence-corrected chi connectivity index (χ4v) is 2.55. The van der Waals surface area contributed by atoms with Crippen LogP contribution in [0.25, 0.3) is 0 Å². The van der Waals surface area contributed by atoms with Gasteiger partial charge in [-0.25, -0.2) is 4.79 Å². The smallest absolute Gasteiger partial charge is 0.315 e. The van der Waals surface area contributed by atoms with Gasteiger partial charge in [-0.3, -0.25) is 14.9 Å². The van der Waals surface area contributed by atoms with Gasteiger partial charge in [0.15, 0.2) is 0 Å². The van der Waals surface area contributed by atoms with Crippen molar-refractivity contribution in [3.8, 4) is 0 Å². The number of hydrogen-bond acceptors (Lipinski definition) is 4. The molecule has 3 N–H and O–H groups in total. The normalized spacial score (nSPS) is 14.8. The van der Waals surface area contributed by atoms with Crippen molar-refractivity contribution in [1.82, 2.24) is 10.6 Å². The minimum atomic E-state index is -0.536. The van der Waals surface area contributed by atoms with Crippen LogP contribution < -0.4 is 16.0 Å². The third-order valence-electron chi connectivity index (χ3n) is 3.69. The highest BCUT2D eigenvalue weighted by atomic mass is 16.6. The number of nitro groups is 1. The molecule has 8 nitrogen and oxygen atoms in total. The van der Waals surface area contributed by atoms with E-state index in [0.717, 1.165) is 25.7 Å². The number of urea groups is 1. The number of anilines is 1. The lowest BCUT2D eigenvalue weighted by molar-refractivity contribution is -0.384. The number of nitrogens with one attached hydrogen (secondary N) is 3. The van der Waals surface area contributed by atoms with Gasteiger partial charge in [-0.2, -0.15) is 0 Å². The Labute approximate surface area is 133 Å². The fourth-order valence-electron chi connectivity index (χ4n) is 2.55. The lowest BCUT2D eigenvalue weighted by atomic mass is 9.96. The van der Waals surface area contributed by atoms with E-state index in [4.69, 9.17) is 0 Å². The highest BCUT2D eigenvalue weighted by molar-refractivity contribution is 5.94. The van der Waals surface area contributed by atoms with Gasteiger partial charge in [-0.1, -0.05) is 25.3 Å². The Morgan fingerprint density at radius 2 is 1.96 bits per heavy atom. The van der Waals surface area contributed by atoms with E-state index in [0.29, 0.717) is 5.69 Å². The van der Waals surface area contributed by atoms with Crippen molar-refractivity contribution < 1.29 is 14.5 Å². The van der Waals surface area contributed by atoms with Crippen molar-refractivity contribution in [2.45, 2.75) is 38.1 Å². The summed E-state index contributed by atoms with van der Waals surface area (Å²) in [5, 5.41) is 18.5. The molecule has 0 heterocycles. The van der Waals surface area contributed by atoms with Crippen LogP contribution in [0.2, 0.25) is 0 Å². The Bertz CT molecular complexity index is 585. The van der Waals surface area contributed by atoms with Crippen LogP contribution in [-0.4, -0.2) is 29.4 Å². The van der Waals surface area contributed by atoms with Gasteiger partial charge in [-0.05, 0) is 18.9 Å². The molecule has 0 saturated heterocycles. The Hall–Kier alpha value is -2.64. The summed E-state index contributed by atoms with van der Waals surface area (Å²) in [5.41, 5.74) is 0.212. The van der Waals surface area contributed by atoms with Gasteiger partial charge >= 0.3 is 6.03 Å². The number of non-ortho nitro benzene ring substituents is 1. The van der Waals surface area contributed by atoms with Gasteiger partial charge in [0.2, 0.25) is 5.91 Å². The van der Waals surface area contributed by atoms with Gasteiger partial charge in [0.1, 0.15) is 0 Å². The first-order valence-electron chi connectivity index (χ1n) is 7.63. The van der Waals surface area contributed by atoms with E-state index < -0.39 is 10.8 Å². The predicted molar refractivity (Wildman–Crippen MR) is 85.1 cm³/mol. The second kappa shape index (κ2) is 8.11. The summed E-state index contributed by atoms with van der Waals surface area (Å²) in [5.74, 6) is -0.440. The van der Waals surface area contributed by atoms with Gasteiger partial charge in [0, 0.05) is 23.9 Å². The lowest BCUT2D eigenvalue weighted by Gasteiger charge is -2.22. The van der Waals surface area contributed by atoms with E-state index >= 15 is 0 Å². The van der Waals surface area contributed by atoms with Crippen molar-refractivity contribution in [3.05, 3.63) is 34.4 Å². The summed E-state index contributed by atoms with van der Waals surface area (Å²) in [7, 11) is 0. The first-order chi connectivity index (χ1) is 11.0. The molecule has 124 valence electrons. The molecule has 1 fully saturated rings. The number of amides is 3. The van der Waals surface area contributed by atoms with Gasteiger partial charge in [0.05, 0.1) is 11.5 Å². The van der Waals surface area contributed by atoms with Crippen LogP contribution in [0.15, 0.2) is 24.3 Å². The highest BCUT2D eigenvalue weighted by Crippen LogP contribution is 2.17. The summed E-state index contributed by atoms with van der Waals surface area (Å²) >= 11 is 0. The number of carbonyl (C=O) groups is 2. The molecular weight excluding hydrogens is 300 g/mol. The maximum atomic E-state index is 11.8. The van der Waals surface area contributed by atoms with E-state index in [-0.39, 0.29) is 24.3 Å². The molecule has 0 radical (unpaired) electrons. The van der Waals surface area contributed by atoms with Crippen molar-refractivity contribution in [1.29, 1.82) is 0 Å². The minimum Gasteiger partial charge on any atom is -0.335 e. The zero-order chi connectivity index (χ0) is 16.7. The molecule has 3 amide bonds. The number of rotatable bonds is 5. The number of nitro benzene ring substituents is 1. The number of nitrogens with zero attached hydrogens (tertiary/aromatic N) is 1. The van der Waals surface area contributed by atoms with Crippen LogP contribution in [-0.2, 0) is 4.79 Å².